The van der Waals surface area contributed by atoms with Crippen molar-refractivity contribution in [3.63, 3.8) is 0 Å². The molecule has 4 heterocycles. The lowest BCUT2D eigenvalue weighted by molar-refractivity contribution is 0.0891. The van der Waals surface area contributed by atoms with Gasteiger partial charge >= 0.3 is 0 Å². The molecule has 1 aliphatic heterocycles. The number of ether oxygens (including phenoxy) is 2. The standard InChI is InChI=1S/C23H27N5O3/c29-22(16-7-9-24-15-16)26-17-3-5-18(6-4-17)31-23-19-2-1-8-25-20(19)14-21(27-23)28-10-12-30-13-11-28/h1-2,7-9,14-15,17-18,24H,3-6,10-13H2,(H,26,29). The van der Waals surface area contributed by atoms with E-state index in [0.29, 0.717) is 24.7 Å². The van der Waals surface area contributed by atoms with Gasteiger partial charge in [-0.25, -0.2) is 0 Å². The number of fused-ring (bicyclic) bond motifs is 1. The number of carbonyl (C=O) groups is 1. The molecule has 0 bridgehead atoms. The number of hydrogen-bond acceptors (Lipinski definition) is 6. The molecule has 0 radical (unpaired) electrons. The maximum Gasteiger partial charge on any atom is 0.253 e. The number of rotatable bonds is 5. The number of amides is 1. The average molecular weight is 422 g/mol. The van der Waals surface area contributed by atoms with Crippen molar-refractivity contribution in [3.05, 3.63) is 48.4 Å². The molecule has 162 valence electrons. The first-order valence-electron chi connectivity index (χ1n) is 10.9. The van der Waals surface area contributed by atoms with Crippen LogP contribution in [0.4, 0.5) is 5.82 Å². The van der Waals surface area contributed by atoms with Crippen LogP contribution in [0.5, 0.6) is 5.88 Å². The Kier molecular flexibility index (Phi) is 5.71. The third-order valence-corrected chi connectivity index (χ3v) is 6.03. The van der Waals surface area contributed by atoms with Crippen LogP contribution in [0, 0.1) is 0 Å². The van der Waals surface area contributed by atoms with Crippen molar-refractivity contribution in [2.24, 2.45) is 0 Å². The van der Waals surface area contributed by atoms with Crippen LogP contribution in [0.3, 0.4) is 0 Å². The van der Waals surface area contributed by atoms with Gasteiger partial charge in [-0.2, -0.15) is 4.98 Å². The van der Waals surface area contributed by atoms with Crippen molar-refractivity contribution in [1.29, 1.82) is 0 Å². The molecular weight excluding hydrogens is 394 g/mol. The zero-order chi connectivity index (χ0) is 21.0. The number of nitrogens with zero attached hydrogens (tertiary/aromatic N) is 3. The van der Waals surface area contributed by atoms with E-state index in [-0.39, 0.29) is 18.1 Å². The summed E-state index contributed by atoms with van der Waals surface area (Å²) in [4.78, 5) is 26.8. The number of hydrogen-bond donors (Lipinski definition) is 2. The molecule has 0 aromatic carbocycles. The SMILES string of the molecule is O=C(NC1CCC(Oc2nc(N3CCOCC3)cc3ncccc23)CC1)c1cc[nH]c1. The van der Waals surface area contributed by atoms with Crippen molar-refractivity contribution in [2.45, 2.75) is 37.8 Å². The molecule has 8 heteroatoms. The minimum absolute atomic E-state index is 0.0254. The van der Waals surface area contributed by atoms with E-state index in [9.17, 15) is 4.79 Å². The van der Waals surface area contributed by atoms with Crippen LogP contribution in [-0.2, 0) is 4.74 Å². The predicted molar refractivity (Wildman–Crippen MR) is 118 cm³/mol. The second kappa shape index (κ2) is 8.93. The van der Waals surface area contributed by atoms with Gasteiger partial charge in [-0.15, -0.1) is 0 Å². The number of aromatic amines is 1. The molecule has 0 unspecified atom stereocenters. The summed E-state index contributed by atoms with van der Waals surface area (Å²) in [5, 5.41) is 4.06. The summed E-state index contributed by atoms with van der Waals surface area (Å²) in [5.74, 6) is 1.51. The van der Waals surface area contributed by atoms with E-state index in [4.69, 9.17) is 14.5 Å². The van der Waals surface area contributed by atoms with Gasteiger partial charge in [0.15, 0.2) is 0 Å². The van der Waals surface area contributed by atoms with Gasteiger partial charge in [-0.3, -0.25) is 9.78 Å². The molecule has 0 atom stereocenters. The van der Waals surface area contributed by atoms with E-state index < -0.39 is 0 Å². The maximum atomic E-state index is 12.3. The molecule has 8 nitrogen and oxygen atoms in total. The highest BCUT2D eigenvalue weighted by Gasteiger charge is 2.25. The quantitative estimate of drug-likeness (QED) is 0.658. The summed E-state index contributed by atoms with van der Waals surface area (Å²) in [6.45, 7) is 3.04. The Morgan fingerprint density at radius 3 is 2.81 bits per heavy atom. The number of H-pyrrole nitrogens is 1. The Balaban J connectivity index is 1.26. The number of nitrogens with one attached hydrogen (secondary N) is 2. The number of anilines is 1. The maximum absolute atomic E-state index is 12.3. The van der Waals surface area contributed by atoms with Crippen LogP contribution in [0.2, 0.25) is 0 Å². The van der Waals surface area contributed by atoms with Gasteiger partial charge < -0.3 is 24.7 Å². The van der Waals surface area contributed by atoms with Crippen molar-refractivity contribution < 1.29 is 14.3 Å². The normalized spacial score (nSPS) is 21.7. The number of aromatic nitrogens is 3. The summed E-state index contributed by atoms with van der Waals surface area (Å²) in [6, 6.07) is 7.92. The highest BCUT2D eigenvalue weighted by molar-refractivity contribution is 5.94. The van der Waals surface area contributed by atoms with Crippen LogP contribution in [0.25, 0.3) is 10.9 Å². The fraction of sp³-hybridized carbons (Fsp3) is 0.435. The molecule has 5 rings (SSSR count). The molecule has 1 amide bonds. The summed E-state index contributed by atoms with van der Waals surface area (Å²) < 4.78 is 11.9. The smallest absolute Gasteiger partial charge is 0.253 e. The van der Waals surface area contributed by atoms with Gasteiger partial charge in [-0.05, 0) is 43.9 Å². The Bertz CT molecular complexity index is 1020. The Labute approximate surface area is 181 Å². The van der Waals surface area contributed by atoms with Crippen LogP contribution >= 0.6 is 0 Å². The number of carbonyl (C=O) groups excluding carboxylic acids is 1. The van der Waals surface area contributed by atoms with Crippen LogP contribution < -0.4 is 15.0 Å². The average Bonchev–Trinajstić information content (AvgIpc) is 3.36. The lowest BCUT2D eigenvalue weighted by Crippen LogP contribution is -2.39. The summed E-state index contributed by atoms with van der Waals surface area (Å²) in [6.07, 6.45) is 8.89. The molecule has 1 saturated heterocycles. The highest BCUT2D eigenvalue weighted by atomic mass is 16.5. The van der Waals surface area contributed by atoms with Crippen molar-refractivity contribution in [3.8, 4) is 5.88 Å². The summed E-state index contributed by atoms with van der Waals surface area (Å²) >= 11 is 0. The topological polar surface area (TPSA) is 92.4 Å². The Morgan fingerprint density at radius 2 is 2.03 bits per heavy atom. The molecule has 2 fully saturated rings. The molecule has 3 aromatic heterocycles. The van der Waals surface area contributed by atoms with E-state index in [1.165, 1.54) is 0 Å². The molecule has 0 spiro atoms. The van der Waals surface area contributed by atoms with E-state index in [2.05, 4.69) is 20.2 Å². The first-order valence-corrected chi connectivity index (χ1v) is 10.9. The largest absolute Gasteiger partial charge is 0.474 e. The van der Waals surface area contributed by atoms with Gasteiger partial charge in [0.1, 0.15) is 11.9 Å². The van der Waals surface area contributed by atoms with E-state index >= 15 is 0 Å². The van der Waals surface area contributed by atoms with E-state index in [1.54, 1.807) is 24.7 Å². The van der Waals surface area contributed by atoms with E-state index in [0.717, 1.165) is 55.5 Å². The number of pyridine rings is 2. The van der Waals surface area contributed by atoms with Gasteiger partial charge in [0.05, 0.1) is 29.7 Å². The van der Waals surface area contributed by atoms with Gasteiger partial charge in [0.25, 0.3) is 5.91 Å². The third-order valence-electron chi connectivity index (χ3n) is 6.03. The molecule has 1 aliphatic carbocycles. The van der Waals surface area contributed by atoms with E-state index in [1.807, 2.05) is 18.2 Å². The third kappa shape index (κ3) is 4.49. The molecular formula is C23H27N5O3. The second-order valence-electron chi connectivity index (χ2n) is 8.12. The van der Waals surface area contributed by atoms with Crippen molar-refractivity contribution >= 4 is 22.6 Å². The molecule has 2 aliphatic rings. The first-order chi connectivity index (χ1) is 15.3. The predicted octanol–water partition coefficient (Wildman–Crippen LogP) is 2.91. The lowest BCUT2D eigenvalue weighted by atomic mass is 9.92. The van der Waals surface area contributed by atoms with Gasteiger partial charge in [0, 0.05) is 43.8 Å². The first kappa shape index (κ1) is 19.8. The Morgan fingerprint density at radius 1 is 1.19 bits per heavy atom. The molecule has 2 N–H and O–H groups in total. The lowest BCUT2D eigenvalue weighted by Gasteiger charge is -2.31. The summed E-state index contributed by atoms with van der Waals surface area (Å²) in [5.41, 5.74) is 1.56. The fourth-order valence-corrected chi connectivity index (χ4v) is 4.29. The van der Waals surface area contributed by atoms with Crippen LogP contribution in [-0.4, -0.2) is 59.3 Å². The monoisotopic (exact) mass is 421 g/mol. The van der Waals surface area contributed by atoms with Crippen molar-refractivity contribution in [2.75, 3.05) is 31.2 Å². The van der Waals surface area contributed by atoms with Crippen LogP contribution in [0.15, 0.2) is 42.9 Å². The van der Waals surface area contributed by atoms with Gasteiger partial charge in [0.2, 0.25) is 5.88 Å². The van der Waals surface area contributed by atoms with Gasteiger partial charge in [-0.1, -0.05) is 0 Å². The zero-order valence-corrected chi connectivity index (χ0v) is 17.4. The van der Waals surface area contributed by atoms with Crippen LogP contribution in [0.1, 0.15) is 36.0 Å². The molecule has 31 heavy (non-hydrogen) atoms. The van der Waals surface area contributed by atoms with Crippen molar-refractivity contribution in [1.82, 2.24) is 20.3 Å². The fourth-order valence-electron chi connectivity index (χ4n) is 4.29. The summed E-state index contributed by atoms with van der Waals surface area (Å²) in [7, 11) is 0. The second-order valence-corrected chi connectivity index (χ2v) is 8.12. The number of morpholine rings is 1. The highest BCUT2D eigenvalue weighted by Crippen LogP contribution is 2.31. The minimum Gasteiger partial charge on any atom is -0.474 e. The Hall–Kier alpha value is -3.13. The molecule has 3 aromatic rings. The molecule has 1 saturated carbocycles. The zero-order valence-electron chi connectivity index (χ0n) is 17.4. The minimum atomic E-state index is -0.0254.